The molecule has 0 spiro atoms. The van der Waals surface area contributed by atoms with Gasteiger partial charge in [0.25, 0.3) is 0 Å². The van der Waals surface area contributed by atoms with E-state index in [2.05, 4.69) is 10.1 Å². The number of benzene rings is 1. The standard InChI is InChI=1S/C17H15Cl2N3O2/c18-13-6-14(19)8-16(7-13)24-11-15(23)10-22-17(3-5-21-22)12-2-1-4-20-9-12/h1-9,15,23H,10-11H2. The molecule has 5 nitrogen and oxygen atoms in total. The van der Waals surface area contributed by atoms with E-state index in [-0.39, 0.29) is 6.61 Å². The van der Waals surface area contributed by atoms with E-state index in [1.165, 1.54) is 0 Å². The number of ether oxygens (including phenoxy) is 1. The Morgan fingerprint density at radius 3 is 2.62 bits per heavy atom. The molecule has 3 rings (SSSR count). The SMILES string of the molecule is OC(COc1cc(Cl)cc(Cl)c1)Cn1nccc1-c1cccnc1. The van der Waals surface area contributed by atoms with Crippen molar-refractivity contribution in [3.63, 3.8) is 0 Å². The van der Waals surface area contributed by atoms with Crippen LogP contribution in [0.5, 0.6) is 5.75 Å². The number of nitrogens with zero attached hydrogens (tertiary/aromatic N) is 3. The summed E-state index contributed by atoms with van der Waals surface area (Å²) >= 11 is 11.8. The quantitative estimate of drug-likeness (QED) is 0.725. The monoisotopic (exact) mass is 363 g/mol. The van der Waals surface area contributed by atoms with Gasteiger partial charge in [-0.2, -0.15) is 5.10 Å². The van der Waals surface area contributed by atoms with E-state index in [1.807, 2.05) is 18.2 Å². The molecule has 0 fully saturated rings. The second kappa shape index (κ2) is 7.66. The van der Waals surface area contributed by atoms with Crippen LogP contribution in [-0.4, -0.2) is 32.6 Å². The molecule has 2 aromatic heterocycles. The highest BCUT2D eigenvalue weighted by Gasteiger charge is 2.12. The van der Waals surface area contributed by atoms with Crippen LogP contribution in [0.4, 0.5) is 0 Å². The van der Waals surface area contributed by atoms with Gasteiger partial charge in [0.2, 0.25) is 0 Å². The zero-order valence-corrected chi connectivity index (χ0v) is 14.2. The third-order valence-corrected chi connectivity index (χ3v) is 3.77. The average molecular weight is 364 g/mol. The fourth-order valence-corrected chi connectivity index (χ4v) is 2.80. The Morgan fingerprint density at radius 1 is 1.12 bits per heavy atom. The van der Waals surface area contributed by atoms with Gasteiger partial charge >= 0.3 is 0 Å². The minimum absolute atomic E-state index is 0.100. The maximum Gasteiger partial charge on any atom is 0.122 e. The summed E-state index contributed by atoms with van der Waals surface area (Å²) in [5, 5.41) is 15.4. The molecule has 1 aromatic carbocycles. The second-order valence-electron chi connectivity index (χ2n) is 5.21. The van der Waals surface area contributed by atoms with Gasteiger partial charge in [-0.25, -0.2) is 0 Å². The van der Waals surface area contributed by atoms with Crippen molar-refractivity contribution in [2.75, 3.05) is 6.61 Å². The molecule has 7 heteroatoms. The molecule has 0 bridgehead atoms. The molecular weight excluding hydrogens is 349 g/mol. The summed E-state index contributed by atoms with van der Waals surface area (Å²) < 4.78 is 7.27. The minimum atomic E-state index is -0.738. The smallest absolute Gasteiger partial charge is 0.122 e. The van der Waals surface area contributed by atoms with E-state index >= 15 is 0 Å². The van der Waals surface area contributed by atoms with Crippen LogP contribution in [0.2, 0.25) is 10.0 Å². The van der Waals surface area contributed by atoms with Gasteiger partial charge in [-0.1, -0.05) is 23.2 Å². The van der Waals surface area contributed by atoms with Crippen molar-refractivity contribution in [3.8, 4) is 17.0 Å². The van der Waals surface area contributed by atoms with Crippen LogP contribution >= 0.6 is 23.2 Å². The summed E-state index contributed by atoms with van der Waals surface area (Å²) in [6.07, 6.45) is 4.41. The number of hydrogen-bond acceptors (Lipinski definition) is 4. The molecule has 24 heavy (non-hydrogen) atoms. The van der Waals surface area contributed by atoms with Gasteiger partial charge < -0.3 is 9.84 Å². The summed E-state index contributed by atoms with van der Waals surface area (Å²) in [7, 11) is 0. The van der Waals surface area contributed by atoms with Gasteiger partial charge in [0.15, 0.2) is 0 Å². The Labute approximate surface area is 149 Å². The molecule has 0 saturated carbocycles. The lowest BCUT2D eigenvalue weighted by atomic mass is 10.2. The van der Waals surface area contributed by atoms with E-state index in [1.54, 1.807) is 41.5 Å². The van der Waals surface area contributed by atoms with Gasteiger partial charge in [0, 0.05) is 34.2 Å². The van der Waals surface area contributed by atoms with E-state index in [0.717, 1.165) is 11.3 Å². The molecule has 1 atom stereocenters. The Bertz CT molecular complexity index is 788. The van der Waals surface area contributed by atoms with Gasteiger partial charge in [-0.3, -0.25) is 9.67 Å². The van der Waals surface area contributed by atoms with Crippen LogP contribution in [0.15, 0.2) is 55.0 Å². The van der Waals surface area contributed by atoms with Crippen LogP contribution in [0.1, 0.15) is 0 Å². The van der Waals surface area contributed by atoms with Crippen molar-refractivity contribution in [1.82, 2.24) is 14.8 Å². The molecule has 1 unspecified atom stereocenters. The molecule has 2 heterocycles. The second-order valence-corrected chi connectivity index (χ2v) is 6.08. The van der Waals surface area contributed by atoms with Crippen molar-refractivity contribution in [3.05, 3.63) is 65.0 Å². The summed E-state index contributed by atoms with van der Waals surface area (Å²) in [5.74, 6) is 0.513. The number of aliphatic hydroxyl groups is 1. The predicted octanol–water partition coefficient (Wildman–Crippen LogP) is 3.69. The summed E-state index contributed by atoms with van der Waals surface area (Å²) in [6.45, 7) is 0.397. The highest BCUT2D eigenvalue weighted by Crippen LogP contribution is 2.24. The molecule has 0 amide bonds. The molecule has 0 aliphatic heterocycles. The number of halogens is 2. The Kier molecular flexibility index (Phi) is 5.35. The lowest BCUT2D eigenvalue weighted by molar-refractivity contribution is 0.0898. The molecule has 0 radical (unpaired) electrons. The van der Waals surface area contributed by atoms with Crippen molar-refractivity contribution < 1.29 is 9.84 Å². The lowest BCUT2D eigenvalue weighted by Gasteiger charge is -2.14. The number of pyridine rings is 1. The molecule has 0 aliphatic rings. The van der Waals surface area contributed by atoms with Crippen LogP contribution in [-0.2, 0) is 6.54 Å². The van der Waals surface area contributed by atoms with Crippen molar-refractivity contribution in [1.29, 1.82) is 0 Å². The normalized spacial score (nSPS) is 12.1. The first-order valence-electron chi connectivity index (χ1n) is 7.31. The number of rotatable bonds is 6. The van der Waals surface area contributed by atoms with Crippen LogP contribution in [0, 0.1) is 0 Å². The highest BCUT2D eigenvalue weighted by atomic mass is 35.5. The lowest BCUT2D eigenvalue weighted by Crippen LogP contribution is -2.24. The van der Waals surface area contributed by atoms with E-state index < -0.39 is 6.10 Å². The Morgan fingerprint density at radius 2 is 1.92 bits per heavy atom. The number of aromatic nitrogens is 3. The maximum atomic E-state index is 10.2. The number of hydrogen-bond donors (Lipinski definition) is 1. The summed E-state index contributed by atoms with van der Waals surface area (Å²) in [4.78, 5) is 4.10. The van der Waals surface area contributed by atoms with E-state index in [9.17, 15) is 5.11 Å². The average Bonchev–Trinajstić information content (AvgIpc) is 3.01. The molecule has 3 aromatic rings. The topological polar surface area (TPSA) is 60.2 Å². The minimum Gasteiger partial charge on any atom is -0.491 e. The van der Waals surface area contributed by atoms with Crippen molar-refractivity contribution in [2.45, 2.75) is 12.6 Å². The third kappa shape index (κ3) is 4.26. The van der Waals surface area contributed by atoms with E-state index in [0.29, 0.717) is 22.3 Å². The molecular formula is C17H15Cl2N3O2. The first kappa shape index (κ1) is 16.8. The third-order valence-electron chi connectivity index (χ3n) is 3.34. The van der Waals surface area contributed by atoms with Gasteiger partial charge in [-0.15, -0.1) is 0 Å². The largest absolute Gasteiger partial charge is 0.491 e. The zero-order valence-electron chi connectivity index (χ0n) is 12.6. The molecule has 0 aliphatic carbocycles. The van der Waals surface area contributed by atoms with Crippen LogP contribution < -0.4 is 4.74 Å². The fourth-order valence-electron chi connectivity index (χ4n) is 2.29. The van der Waals surface area contributed by atoms with Crippen molar-refractivity contribution in [2.24, 2.45) is 0 Å². The van der Waals surface area contributed by atoms with Gasteiger partial charge in [-0.05, 0) is 36.4 Å². The zero-order chi connectivity index (χ0) is 16.9. The predicted molar refractivity (Wildman–Crippen MR) is 93.4 cm³/mol. The molecule has 1 N–H and O–H groups in total. The molecule has 0 saturated heterocycles. The van der Waals surface area contributed by atoms with Gasteiger partial charge in [0.1, 0.15) is 18.5 Å². The van der Waals surface area contributed by atoms with E-state index in [4.69, 9.17) is 27.9 Å². The van der Waals surface area contributed by atoms with Gasteiger partial charge in [0.05, 0.1) is 12.2 Å². The number of aliphatic hydroxyl groups excluding tert-OH is 1. The Hall–Kier alpha value is -2.08. The summed E-state index contributed by atoms with van der Waals surface area (Å²) in [5.41, 5.74) is 1.82. The highest BCUT2D eigenvalue weighted by molar-refractivity contribution is 6.34. The Balaban J connectivity index is 1.63. The van der Waals surface area contributed by atoms with Crippen molar-refractivity contribution >= 4 is 23.2 Å². The van der Waals surface area contributed by atoms with Crippen LogP contribution in [0.25, 0.3) is 11.3 Å². The van der Waals surface area contributed by atoms with Crippen LogP contribution in [0.3, 0.4) is 0 Å². The summed E-state index contributed by atoms with van der Waals surface area (Å²) in [6, 6.07) is 10.6. The first-order valence-corrected chi connectivity index (χ1v) is 8.06. The first-order chi connectivity index (χ1) is 11.6. The fraction of sp³-hybridized carbons (Fsp3) is 0.176. The molecule has 124 valence electrons. The maximum absolute atomic E-state index is 10.2.